The molecule has 0 aliphatic rings. The smallest absolute Gasteiger partial charge is 0.413 e. The number of carbonyl (C=O) groups is 2. The van der Waals surface area contributed by atoms with Crippen LogP contribution >= 0.6 is 7.26 Å². The summed E-state index contributed by atoms with van der Waals surface area (Å²) in [7, 11) is -1.05. The van der Waals surface area contributed by atoms with Crippen LogP contribution in [0.25, 0.3) is 0 Å². The topological polar surface area (TPSA) is 55.4 Å². The van der Waals surface area contributed by atoms with E-state index < -0.39 is 13.4 Å². The van der Waals surface area contributed by atoms with Crippen molar-refractivity contribution in [2.24, 2.45) is 0 Å². The van der Waals surface area contributed by atoms with E-state index in [0.29, 0.717) is 0 Å². The maximum Gasteiger partial charge on any atom is 0.413 e. The molecule has 3 rings (SSSR count). The fourth-order valence-corrected chi connectivity index (χ4v) is 7.18. The lowest BCUT2D eigenvalue weighted by Gasteiger charge is -2.26. The number of carbonyl (C=O) groups excluding carboxylic acids is 2. The highest BCUT2D eigenvalue weighted by atomic mass is 35.5. The Morgan fingerprint density at radius 3 is 1.43 bits per heavy atom. The molecule has 0 radical (unpaired) electrons. The number of ether oxygens (including phenoxy) is 1. The molecule has 0 heterocycles. The Kier molecular flexibility index (Phi) is 7.74. The van der Waals surface area contributed by atoms with Crippen molar-refractivity contribution < 1.29 is 26.7 Å². The number of hydrogen-bond donors (Lipinski definition) is 1. The quantitative estimate of drug-likeness (QED) is 0.593. The standard InChI is InChI=1S/C22H20NO3P.ClH/c1-26-22(25)23-21(24)17-27(18-11-5-2-6-12-18,19-13-7-3-8-14-19)20-15-9-4-10-16-20;/h2-16H,17H2,1H3;1H. The largest absolute Gasteiger partial charge is 1.00 e. The molecule has 28 heavy (non-hydrogen) atoms. The van der Waals surface area contributed by atoms with Crippen LogP contribution in [0.3, 0.4) is 0 Å². The molecule has 4 nitrogen and oxygen atoms in total. The second kappa shape index (κ2) is 10.0. The number of amides is 2. The molecule has 6 heteroatoms. The zero-order valence-corrected chi connectivity index (χ0v) is 17.1. The van der Waals surface area contributed by atoms with Gasteiger partial charge in [0.25, 0.3) is 5.91 Å². The van der Waals surface area contributed by atoms with E-state index in [4.69, 9.17) is 0 Å². The summed E-state index contributed by atoms with van der Waals surface area (Å²) in [5.74, 6) is -0.355. The summed E-state index contributed by atoms with van der Waals surface area (Å²) in [5.41, 5.74) is 0. The van der Waals surface area contributed by atoms with E-state index in [0.717, 1.165) is 15.9 Å². The van der Waals surface area contributed by atoms with Gasteiger partial charge in [-0.15, -0.1) is 0 Å². The molecule has 0 fully saturated rings. The summed E-state index contributed by atoms with van der Waals surface area (Å²) in [4.78, 5) is 24.3. The van der Waals surface area contributed by atoms with Crippen LogP contribution in [0, 0.1) is 0 Å². The highest BCUT2D eigenvalue weighted by Gasteiger charge is 2.47. The Morgan fingerprint density at radius 1 is 0.750 bits per heavy atom. The van der Waals surface area contributed by atoms with Crippen LogP contribution in [-0.4, -0.2) is 25.3 Å². The molecule has 0 aromatic heterocycles. The Balaban J connectivity index is 0.00000280. The van der Waals surface area contributed by atoms with E-state index >= 15 is 0 Å². The molecule has 1 N–H and O–H groups in total. The van der Waals surface area contributed by atoms with Gasteiger partial charge < -0.3 is 17.1 Å². The van der Waals surface area contributed by atoms with E-state index in [2.05, 4.69) is 46.5 Å². The highest BCUT2D eigenvalue weighted by Crippen LogP contribution is 2.54. The molecular weight excluding hydrogens is 393 g/mol. The van der Waals surface area contributed by atoms with Crippen molar-refractivity contribution >= 4 is 35.2 Å². The minimum Gasteiger partial charge on any atom is -1.00 e. The number of halogens is 1. The van der Waals surface area contributed by atoms with Gasteiger partial charge in [-0.1, -0.05) is 54.6 Å². The number of rotatable bonds is 5. The van der Waals surface area contributed by atoms with E-state index in [1.165, 1.54) is 7.11 Å². The Labute approximate surface area is 171 Å². The van der Waals surface area contributed by atoms with E-state index in [1.54, 1.807) is 0 Å². The first-order valence-electron chi connectivity index (χ1n) is 8.59. The van der Waals surface area contributed by atoms with Crippen molar-refractivity contribution in [1.82, 2.24) is 5.32 Å². The zero-order chi connectivity index (χ0) is 19.1. The first-order valence-corrected chi connectivity index (χ1v) is 10.6. The van der Waals surface area contributed by atoms with E-state index in [9.17, 15) is 9.59 Å². The van der Waals surface area contributed by atoms with Crippen molar-refractivity contribution in [3.63, 3.8) is 0 Å². The maximum absolute atomic E-state index is 12.8. The Hall–Kier alpha value is -2.68. The Morgan fingerprint density at radius 2 is 1.11 bits per heavy atom. The fraction of sp³-hybridized carbons (Fsp3) is 0.0909. The van der Waals surface area contributed by atoms with Crippen molar-refractivity contribution in [2.75, 3.05) is 13.3 Å². The van der Waals surface area contributed by atoms with Gasteiger partial charge in [0, 0.05) is 0 Å². The van der Waals surface area contributed by atoms with Gasteiger partial charge in [0.05, 0.1) is 7.11 Å². The van der Waals surface area contributed by atoms with Crippen LogP contribution < -0.4 is 33.6 Å². The predicted molar refractivity (Wildman–Crippen MR) is 111 cm³/mol. The van der Waals surface area contributed by atoms with Crippen LogP contribution in [0.5, 0.6) is 0 Å². The molecule has 0 bridgehead atoms. The summed E-state index contributed by atoms with van der Waals surface area (Å²) in [6, 6.07) is 30.1. The number of alkyl carbamates (subject to hydrolysis) is 1. The lowest BCUT2D eigenvalue weighted by Crippen LogP contribution is -3.00. The highest BCUT2D eigenvalue weighted by molar-refractivity contribution is 7.96. The van der Waals surface area contributed by atoms with Crippen molar-refractivity contribution in [1.29, 1.82) is 0 Å². The van der Waals surface area contributed by atoms with Gasteiger partial charge in [-0.05, 0) is 36.4 Å². The predicted octanol–water partition coefficient (Wildman–Crippen LogP) is -0.133. The van der Waals surface area contributed by atoms with Gasteiger partial charge in [-0.2, -0.15) is 0 Å². The number of benzene rings is 3. The molecule has 0 unspecified atom stereocenters. The molecule has 0 saturated heterocycles. The molecule has 0 spiro atoms. The number of imide groups is 1. The van der Waals surface area contributed by atoms with Crippen molar-refractivity contribution in [3.8, 4) is 0 Å². The number of nitrogens with one attached hydrogen (secondary N) is 1. The third kappa shape index (κ3) is 4.59. The minimum absolute atomic E-state index is 0. The first kappa shape index (κ1) is 21.6. The van der Waals surface area contributed by atoms with Crippen LogP contribution in [0.4, 0.5) is 4.79 Å². The molecule has 0 aliphatic carbocycles. The van der Waals surface area contributed by atoms with Gasteiger partial charge in [-0.3, -0.25) is 10.1 Å². The Bertz CT molecular complexity index is 808. The third-order valence-electron chi connectivity index (χ3n) is 4.40. The van der Waals surface area contributed by atoms with Gasteiger partial charge in [0.2, 0.25) is 0 Å². The summed E-state index contributed by atoms with van der Waals surface area (Å²) >= 11 is 0. The lowest BCUT2D eigenvalue weighted by molar-refractivity contribution is -0.117. The molecular formula is C22H21ClNO3P. The SMILES string of the molecule is COC(=O)NC(=O)C[P+](c1ccccc1)(c1ccccc1)c1ccccc1.[Cl-]. The van der Waals surface area contributed by atoms with Gasteiger partial charge >= 0.3 is 6.09 Å². The average molecular weight is 414 g/mol. The molecule has 0 saturated carbocycles. The number of methoxy groups -OCH3 is 1. The van der Waals surface area contributed by atoms with Crippen molar-refractivity contribution in [2.45, 2.75) is 0 Å². The molecule has 144 valence electrons. The van der Waals surface area contributed by atoms with E-state index in [-0.39, 0.29) is 24.5 Å². The number of hydrogen-bond acceptors (Lipinski definition) is 3. The van der Waals surface area contributed by atoms with E-state index in [1.807, 2.05) is 54.6 Å². The van der Waals surface area contributed by atoms with Crippen LogP contribution in [0.1, 0.15) is 0 Å². The minimum atomic E-state index is -2.30. The average Bonchev–Trinajstić information content (AvgIpc) is 2.74. The lowest BCUT2D eigenvalue weighted by atomic mass is 10.4. The van der Waals surface area contributed by atoms with Gasteiger partial charge in [0.1, 0.15) is 23.2 Å². The molecule has 3 aromatic carbocycles. The molecule has 0 atom stereocenters. The zero-order valence-electron chi connectivity index (χ0n) is 15.4. The molecule has 3 aromatic rings. The summed E-state index contributed by atoms with van der Waals surface area (Å²) in [5, 5.41) is 5.58. The maximum atomic E-state index is 12.8. The second-order valence-electron chi connectivity index (χ2n) is 6.01. The second-order valence-corrected chi connectivity index (χ2v) is 9.50. The fourth-order valence-electron chi connectivity index (χ4n) is 3.19. The first-order chi connectivity index (χ1) is 13.2. The normalized spacial score (nSPS) is 10.5. The monoisotopic (exact) mass is 413 g/mol. The van der Waals surface area contributed by atoms with Crippen molar-refractivity contribution in [3.05, 3.63) is 91.0 Å². The van der Waals surface area contributed by atoms with Crippen LogP contribution in [-0.2, 0) is 9.53 Å². The molecule has 0 aliphatic heterocycles. The molecule has 2 amide bonds. The van der Waals surface area contributed by atoms with Gasteiger partial charge in [-0.25, -0.2) is 4.79 Å². The summed E-state index contributed by atoms with van der Waals surface area (Å²) in [6.45, 7) is 0. The van der Waals surface area contributed by atoms with Gasteiger partial charge in [0.15, 0.2) is 6.16 Å². The third-order valence-corrected chi connectivity index (χ3v) is 8.70. The summed E-state index contributed by atoms with van der Waals surface area (Å²) < 4.78 is 4.59. The van der Waals surface area contributed by atoms with Crippen LogP contribution in [0.2, 0.25) is 0 Å². The van der Waals surface area contributed by atoms with Crippen LogP contribution in [0.15, 0.2) is 91.0 Å². The summed E-state index contributed by atoms with van der Waals surface area (Å²) in [6.07, 6.45) is -0.563.